The summed E-state index contributed by atoms with van der Waals surface area (Å²) in [6.45, 7) is 13.0. The van der Waals surface area contributed by atoms with Crippen molar-refractivity contribution in [2.75, 3.05) is 52.4 Å². The van der Waals surface area contributed by atoms with E-state index in [1.165, 1.54) is 51.7 Å². The van der Waals surface area contributed by atoms with Crippen LogP contribution in [0.3, 0.4) is 0 Å². The van der Waals surface area contributed by atoms with Gasteiger partial charge in [-0.3, -0.25) is 4.90 Å². The molecule has 154 valence electrons. The summed E-state index contributed by atoms with van der Waals surface area (Å²) >= 11 is 0. The lowest BCUT2D eigenvalue weighted by molar-refractivity contribution is 0.227. The molecule has 3 rings (SSSR count). The zero-order valence-electron chi connectivity index (χ0n) is 17.7. The molecule has 3 aliphatic heterocycles. The molecule has 0 radical (unpaired) electrons. The lowest BCUT2D eigenvalue weighted by Crippen LogP contribution is -2.36. The summed E-state index contributed by atoms with van der Waals surface area (Å²) in [5, 5.41) is 19.0. The van der Waals surface area contributed by atoms with Crippen molar-refractivity contribution in [3.05, 3.63) is 11.4 Å². The standard InChI is InChI=1S/C22H36N6/c1-19-7-5-11-25(19)9-3-4-10-27-15-16-28(22(27)21(17-23)18-24)14-13-26-12-6-8-20(26)2/h19-20H,3-16H2,1-2H3/t19-,20-/m1/s1. The highest BCUT2D eigenvalue weighted by Gasteiger charge is 2.29. The van der Waals surface area contributed by atoms with Crippen LogP contribution >= 0.6 is 0 Å². The molecule has 0 aliphatic carbocycles. The van der Waals surface area contributed by atoms with Crippen molar-refractivity contribution < 1.29 is 0 Å². The minimum atomic E-state index is 0.278. The topological polar surface area (TPSA) is 60.5 Å². The molecule has 0 saturated carbocycles. The van der Waals surface area contributed by atoms with E-state index in [2.05, 4.69) is 45.6 Å². The third-order valence-electron chi connectivity index (χ3n) is 6.85. The van der Waals surface area contributed by atoms with Gasteiger partial charge in [-0.05, 0) is 72.0 Å². The molecule has 3 fully saturated rings. The maximum atomic E-state index is 9.49. The van der Waals surface area contributed by atoms with Crippen LogP contribution in [0.1, 0.15) is 52.4 Å². The van der Waals surface area contributed by atoms with E-state index < -0.39 is 0 Å². The molecule has 6 heteroatoms. The molecule has 2 atom stereocenters. The van der Waals surface area contributed by atoms with Crippen LogP contribution < -0.4 is 0 Å². The minimum Gasteiger partial charge on any atom is -0.355 e. The van der Waals surface area contributed by atoms with Crippen LogP contribution in [0.4, 0.5) is 0 Å². The number of likely N-dealkylation sites (tertiary alicyclic amines) is 2. The van der Waals surface area contributed by atoms with Gasteiger partial charge in [0.2, 0.25) is 0 Å². The Morgan fingerprint density at radius 3 is 1.86 bits per heavy atom. The molecule has 3 saturated heterocycles. The number of hydrogen-bond acceptors (Lipinski definition) is 6. The van der Waals surface area contributed by atoms with Gasteiger partial charge < -0.3 is 14.7 Å². The normalized spacial score (nSPS) is 26.1. The van der Waals surface area contributed by atoms with Gasteiger partial charge in [-0.1, -0.05) is 0 Å². The zero-order valence-corrected chi connectivity index (χ0v) is 17.7. The van der Waals surface area contributed by atoms with Crippen molar-refractivity contribution in [1.29, 1.82) is 10.5 Å². The highest BCUT2D eigenvalue weighted by Crippen LogP contribution is 2.24. The molecule has 3 aliphatic rings. The Bertz CT molecular complexity index is 614. The first kappa shape index (κ1) is 21.0. The molecule has 0 N–H and O–H groups in total. The fraction of sp³-hybridized carbons (Fsp3) is 0.818. The number of unbranched alkanes of at least 4 members (excludes halogenated alkanes) is 1. The van der Waals surface area contributed by atoms with Crippen molar-refractivity contribution >= 4 is 0 Å². The van der Waals surface area contributed by atoms with Crippen LogP contribution in [0.25, 0.3) is 0 Å². The van der Waals surface area contributed by atoms with Gasteiger partial charge in [-0.2, -0.15) is 10.5 Å². The molecular formula is C22H36N6. The predicted molar refractivity (Wildman–Crippen MR) is 111 cm³/mol. The first-order valence-electron chi connectivity index (χ1n) is 11.2. The van der Waals surface area contributed by atoms with Crippen LogP contribution in [0, 0.1) is 22.7 Å². The molecule has 0 amide bonds. The quantitative estimate of drug-likeness (QED) is 0.474. The molecule has 3 heterocycles. The fourth-order valence-corrected chi connectivity index (χ4v) is 5.05. The van der Waals surface area contributed by atoms with E-state index in [0.717, 1.165) is 51.0 Å². The first-order chi connectivity index (χ1) is 13.6. The predicted octanol–water partition coefficient (Wildman–Crippen LogP) is 2.61. The Morgan fingerprint density at radius 2 is 1.32 bits per heavy atom. The molecular weight excluding hydrogens is 348 g/mol. The van der Waals surface area contributed by atoms with E-state index in [9.17, 15) is 10.5 Å². The second-order valence-electron chi connectivity index (χ2n) is 8.66. The number of allylic oxidation sites excluding steroid dienone is 1. The summed E-state index contributed by atoms with van der Waals surface area (Å²) in [4.78, 5) is 9.69. The van der Waals surface area contributed by atoms with E-state index in [1.807, 2.05) is 0 Å². The summed E-state index contributed by atoms with van der Waals surface area (Å²) in [7, 11) is 0. The number of nitrogens with zero attached hydrogens (tertiary/aromatic N) is 6. The summed E-state index contributed by atoms with van der Waals surface area (Å²) in [6, 6.07) is 5.68. The Labute approximate surface area is 171 Å². The highest BCUT2D eigenvalue weighted by atomic mass is 15.4. The Balaban J connectivity index is 1.52. The average molecular weight is 385 g/mol. The second-order valence-corrected chi connectivity index (χ2v) is 8.66. The van der Waals surface area contributed by atoms with Crippen molar-refractivity contribution in [2.45, 2.75) is 64.5 Å². The summed E-state index contributed by atoms with van der Waals surface area (Å²) in [5.74, 6) is 0.881. The van der Waals surface area contributed by atoms with E-state index in [1.54, 1.807) is 0 Å². The molecule has 0 aromatic rings. The number of rotatable bonds is 8. The van der Waals surface area contributed by atoms with Gasteiger partial charge in [0.1, 0.15) is 18.0 Å². The zero-order chi connectivity index (χ0) is 19.9. The maximum absolute atomic E-state index is 9.49. The SMILES string of the molecule is C[C@@H]1CCCN1CCCCN1CCN(CCN2CCC[C@H]2C)C1=C(C#N)C#N. The summed E-state index contributed by atoms with van der Waals surface area (Å²) < 4.78 is 0. The van der Waals surface area contributed by atoms with Crippen LogP contribution in [0.15, 0.2) is 11.4 Å². The molecule has 0 aromatic heterocycles. The van der Waals surface area contributed by atoms with Gasteiger partial charge in [-0.25, -0.2) is 0 Å². The average Bonchev–Trinajstić information content (AvgIpc) is 3.40. The lowest BCUT2D eigenvalue weighted by Gasteiger charge is -2.28. The Morgan fingerprint density at radius 1 is 0.786 bits per heavy atom. The van der Waals surface area contributed by atoms with Crippen LogP contribution in [0.5, 0.6) is 0 Å². The molecule has 0 spiro atoms. The molecule has 28 heavy (non-hydrogen) atoms. The van der Waals surface area contributed by atoms with Crippen LogP contribution in [0.2, 0.25) is 0 Å². The van der Waals surface area contributed by atoms with Gasteiger partial charge in [0.25, 0.3) is 0 Å². The Hall–Kier alpha value is -1.76. The highest BCUT2D eigenvalue weighted by molar-refractivity contribution is 5.40. The van der Waals surface area contributed by atoms with Crippen molar-refractivity contribution in [3.8, 4) is 12.1 Å². The molecule has 0 unspecified atom stereocenters. The molecule has 0 aromatic carbocycles. The smallest absolute Gasteiger partial charge is 0.169 e. The molecule has 6 nitrogen and oxygen atoms in total. The first-order valence-corrected chi connectivity index (χ1v) is 11.2. The van der Waals surface area contributed by atoms with E-state index in [4.69, 9.17) is 0 Å². The van der Waals surface area contributed by atoms with Crippen LogP contribution in [-0.4, -0.2) is 84.0 Å². The fourth-order valence-electron chi connectivity index (χ4n) is 5.05. The maximum Gasteiger partial charge on any atom is 0.169 e. The van der Waals surface area contributed by atoms with E-state index in [-0.39, 0.29) is 5.57 Å². The van der Waals surface area contributed by atoms with E-state index in [0.29, 0.717) is 6.04 Å². The Kier molecular flexibility index (Phi) is 7.59. The van der Waals surface area contributed by atoms with Crippen LogP contribution in [-0.2, 0) is 0 Å². The third-order valence-corrected chi connectivity index (χ3v) is 6.85. The van der Waals surface area contributed by atoms with Crippen molar-refractivity contribution in [3.63, 3.8) is 0 Å². The summed E-state index contributed by atoms with van der Waals surface area (Å²) in [6.07, 6.45) is 7.54. The van der Waals surface area contributed by atoms with Gasteiger partial charge in [0.15, 0.2) is 5.57 Å². The van der Waals surface area contributed by atoms with Gasteiger partial charge in [0, 0.05) is 44.8 Å². The van der Waals surface area contributed by atoms with Crippen molar-refractivity contribution in [2.24, 2.45) is 0 Å². The number of hydrogen-bond donors (Lipinski definition) is 0. The van der Waals surface area contributed by atoms with Gasteiger partial charge in [-0.15, -0.1) is 0 Å². The third kappa shape index (κ3) is 4.99. The van der Waals surface area contributed by atoms with Gasteiger partial charge >= 0.3 is 0 Å². The largest absolute Gasteiger partial charge is 0.355 e. The summed E-state index contributed by atoms with van der Waals surface area (Å²) in [5.41, 5.74) is 0.278. The molecule has 0 bridgehead atoms. The number of nitriles is 2. The lowest BCUT2D eigenvalue weighted by atomic mass is 10.2. The van der Waals surface area contributed by atoms with Gasteiger partial charge in [0.05, 0.1) is 0 Å². The van der Waals surface area contributed by atoms with Crippen molar-refractivity contribution in [1.82, 2.24) is 19.6 Å². The monoisotopic (exact) mass is 384 g/mol. The second kappa shape index (κ2) is 10.1. The minimum absolute atomic E-state index is 0.278. The van der Waals surface area contributed by atoms with E-state index >= 15 is 0 Å².